The number of carbonyl (C=O) groups excluding carboxylic acids is 1. The summed E-state index contributed by atoms with van der Waals surface area (Å²) in [7, 11) is 4.24. The van der Waals surface area contributed by atoms with Crippen molar-refractivity contribution < 1.29 is 4.79 Å². The van der Waals surface area contributed by atoms with E-state index in [0.29, 0.717) is 23.8 Å². The SMILES string of the molecule is CC(CC(=O)N1CCCC(N(C)C)C1)C1CCCNC1.Cl.Cl. The summed E-state index contributed by atoms with van der Waals surface area (Å²) < 4.78 is 0. The summed E-state index contributed by atoms with van der Waals surface area (Å²) in [5.74, 6) is 1.56. The smallest absolute Gasteiger partial charge is 0.222 e. The van der Waals surface area contributed by atoms with Gasteiger partial charge in [0.15, 0.2) is 0 Å². The molecule has 3 atom stereocenters. The van der Waals surface area contributed by atoms with E-state index in [1.807, 2.05) is 0 Å². The van der Waals surface area contributed by atoms with Gasteiger partial charge in [-0.3, -0.25) is 4.79 Å². The lowest BCUT2D eigenvalue weighted by molar-refractivity contribution is -0.134. The molecular formula is C16H33Cl2N3O. The number of hydrogen-bond donors (Lipinski definition) is 1. The molecule has 0 aliphatic carbocycles. The first-order chi connectivity index (χ1) is 9.58. The van der Waals surface area contributed by atoms with E-state index in [2.05, 4.69) is 36.1 Å². The van der Waals surface area contributed by atoms with E-state index in [1.165, 1.54) is 19.3 Å². The molecule has 2 saturated heterocycles. The molecule has 1 amide bonds. The highest BCUT2D eigenvalue weighted by Gasteiger charge is 2.28. The van der Waals surface area contributed by atoms with Gasteiger partial charge in [-0.15, -0.1) is 24.8 Å². The number of hydrogen-bond acceptors (Lipinski definition) is 3. The van der Waals surface area contributed by atoms with E-state index >= 15 is 0 Å². The zero-order valence-corrected chi connectivity index (χ0v) is 15.8. The largest absolute Gasteiger partial charge is 0.341 e. The molecule has 4 nitrogen and oxygen atoms in total. The van der Waals surface area contributed by atoms with Gasteiger partial charge < -0.3 is 15.1 Å². The lowest BCUT2D eigenvalue weighted by atomic mass is 9.85. The fraction of sp³-hybridized carbons (Fsp3) is 0.938. The molecule has 0 aromatic carbocycles. The Hall–Kier alpha value is -0.0300. The molecular weight excluding hydrogens is 321 g/mol. The van der Waals surface area contributed by atoms with Crippen molar-refractivity contribution in [2.75, 3.05) is 40.3 Å². The Bertz CT molecular complexity index is 323. The van der Waals surface area contributed by atoms with Gasteiger partial charge in [-0.05, 0) is 64.7 Å². The van der Waals surface area contributed by atoms with Crippen LogP contribution in [0.2, 0.25) is 0 Å². The maximum Gasteiger partial charge on any atom is 0.222 e. The maximum absolute atomic E-state index is 12.5. The van der Waals surface area contributed by atoms with Crippen LogP contribution in [0.4, 0.5) is 0 Å². The summed E-state index contributed by atoms with van der Waals surface area (Å²) >= 11 is 0. The third-order valence-corrected chi connectivity index (χ3v) is 5.12. The van der Waals surface area contributed by atoms with Crippen molar-refractivity contribution >= 4 is 30.7 Å². The van der Waals surface area contributed by atoms with Gasteiger partial charge in [-0.25, -0.2) is 0 Å². The number of amides is 1. The highest BCUT2D eigenvalue weighted by Crippen LogP contribution is 2.24. The first kappa shape index (κ1) is 22.0. The van der Waals surface area contributed by atoms with Gasteiger partial charge >= 0.3 is 0 Å². The third kappa shape index (κ3) is 6.23. The van der Waals surface area contributed by atoms with Crippen LogP contribution < -0.4 is 5.32 Å². The zero-order chi connectivity index (χ0) is 14.5. The summed E-state index contributed by atoms with van der Waals surface area (Å²) in [6, 6.07) is 0.541. The number of nitrogens with one attached hydrogen (secondary N) is 1. The number of likely N-dealkylation sites (tertiary alicyclic amines) is 1. The monoisotopic (exact) mass is 353 g/mol. The van der Waals surface area contributed by atoms with Crippen LogP contribution in [0, 0.1) is 11.8 Å². The Morgan fingerprint density at radius 3 is 2.59 bits per heavy atom. The Morgan fingerprint density at radius 1 is 1.27 bits per heavy atom. The summed E-state index contributed by atoms with van der Waals surface area (Å²) in [4.78, 5) is 16.9. The van der Waals surface area contributed by atoms with Crippen LogP contribution in [0.25, 0.3) is 0 Å². The predicted octanol–water partition coefficient (Wildman–Crippen LogP) is 2.41. The van der Waals surface area contributed by atoms with Gasteiger partial charge in [0.2, 0.25) is 5.91 Å². The van der Waals surface area contributed by atoms with Crippen LogP contribution in [0.1, 0.15) is 39.0 Å². The second-order valence-electron chi connectivity index (χ2n) is 6.89. The minimum atomic E-state index is 0. The number of halogens is 2. The quantitative estimate of drug-likeness (QED) is 0.842. The molecule has 3 unspecified atom stereocenters. The van der Waals surface area contributed by atoms with Crippen LogP contribution >= 0.6 is 24.8 Å². The Balaban J connectivity index is 0.00000220. The van der Waals surface area contributed by atoms with Gasteiger partial charge in [-0.2, -0.15) is 0 Å². The Kier molecular flexibility index (Phi) is 10.7. The van der Waals surface area contributed by atoms with Crippen molar-refractivity contribution in [2.45, 2.75) is 45.1 Å². The van der Waals surface area contributed by atoms with Crippen LogP contribution in [-0.4, -0.2) is 62.0 Å². The summed E-state index contributed by atoms with van der Waals surface area (Å²) in [5.41, 5.74) is 0. The second-order valence-corrected chi connectivity index (χ2v) is 6.89. The van der Waals surface area contributed by atoms with Crippen molar-refractivity contribution in [3.8, 4) is 0 Å². The molecule has 0 bridgehead atoms. The van der Waals surface area contributed by atoms with Gasteiger partial charge in [0.1, 0.15) is 0 Å². The normalized spacial score (nSPS) is 26.8. The van der Waals surface area contributed by atoms with Crippen molar-refractivity contribution in [1.82, 2.24) is 15.1 Å². The van der Waals surface area contributed by atoms with E-state index < -0.39 is 0 Å². The first-order valence-electron chi connectivity index (χ1n) is 8.23. The molecule has 2 aliphatic heterocycles. The van der Waals surface area contributed by atoms with Crippen LogP contribution in [0.3, 0.4) is 0 Å². The highest BCUT2D eigenvalue weighted by molar-refractivity contribution is 5.85. The minimum Gasteiger partial charge on any atom is -0.341 e. The summed E-state index contributed by atoms with van der Waals surface area (Å²) in [6.45, 7) is 6.37. The number of likely N-dealkylation sites (N-methyl/N-ethyl adjacent to an activating group) is 1. The van der Waals surface area contributed by atoms with E-state index in [-0.39, 0.29) is 24.8 Å². The molecule has 2 fully saturated rings. The number of piperidine rings is 2. The molecule has 0 spiro atoms. The summed E-state index contributed by atoms with van der Waals surface area (Å²) in [5, 5.41) is 3.46. The maximum atomic E-state index is 12.5. The third-order valence-electron chi connectivity index (χ3n) is 5.12. The zero-order valence-electron chi connectivity index (χ0n) is 14.2. The molecule has 2 heterocycles. The Labute approximate surface area is 148 Å². The fourth-order valence-electron chi connectivity index (χ4n) is 3.54. The lowest BCUT2D eigenvalue weighted by Gasteiger charge is -2.37. The van der Waals surface area contributed by atoms with Gasteiger partial charge in [0.05, 0.1) is 0 Å². The van der Waals surface area contributed by atoms with Crippen molar-refractivity contribution in [3.05, 3.63) is 0 Å². The number of carbonyl (C=O) groups is 1. The molecule has 1 N–H and O–H groups in total. The Morgan fingerprint density at radius 2 is 2.00 bits per heavy atom. The molecule has 6 heteroatoms. The highest BCUT2D eigenvalue weighted by atomic mass is 35.5. The fourth-order valence-corrected chi connectivity index (χ4v) is 3.54. The summed E-state index contributed by atoms with van der Waals surface area (Å²) in [6.07, 6.45) is 5.64. The molecule has 2 rings (SSSR count). The molecule has 0 aromatic heterocycles. The predicted molar refractivity (Wildman–Crippen MR) is 97.2 cm³/mol. The first-order valence-corrected chi connectivity index (χ1v) is 8.23. The van der Waals surface area contributed by atoms with E-state index in [9.17, 15) is 4.79 Å². The van der Waals surface area contributed by atoms with Crippen LogP contribution in [-0.2, 0) is 4.79 Å². The van der Waals surface area contributed by atoms with Gasteiger partial charge in [0.25, 0.3) is 0 Å². The molecule has 2 aliphatic rings. The van der Waals surface area contributed by atoms with Crippen molar-refractivity contribution in [3.63, 3.8) is 0 Å². The second kappa shape index (κ2) is 10.7. The number of rotatable bonds is 4. The van der Waals surface area contributed by atoms with Crippen LogP contribution in [0.5, 0.6) is 0 Å². The lowest BCUT2D eigenvalue weighted by Crippen LogP contribution is -2.48. The van der Waals surface area contributed by atoms with Crippen molar-refractivity contribution in [2.24, 2.45) is 11.8 Å². The van der Waals surface area contributed by atoms with Gasteiger partial charge in [-0.1, -0.05) is 6.92 Å². The topological polar surface area (TPSA) is 35.6 Å². The molecule has 0 saturated carbocycles. The average molecular weight is 354 g/mol. The molecule has 22 heavy (non-hydrogen) atoms. The molecule has 0 aromatic rings. The van der Waals surface area contributed by atoms with E-state index in [1.54, 1.807) is 0 Å². The molecule has 132 valence electrons. The van der Waals surface area contributed by atoms with E-state index in [4.69, 9.17) is 0 Å². The molecule has 0 radical (unpaired) electrons. The van der Waals surface area contributed by atoms with Gasteiger partial charge in [0, 0.05) is 25.6 Å². The number of nitrogens with zero attached hydrogens (tertiary/aromatic N) is 2. The standard InChI is InChI=1S/C16H31N3O.2ClH/c1-13(14-6-4-8-17-11-14)10-16(20)19-9-5-7-15(12-19)18(2)3;;/h13-15,17H,4-12H2,1-3H3;2*1H. The van der Waals surface area contributed by atoms with Crippen LogP contribution in [0.15, 0.2) is 0 Å². The average Bonchev–Trinajstić information content (AvgIpc) is 2.48. The van der Waals surface area contributed by atoms with Crippen molar-refractivity contribution in [1.29, 1.82) is 0 Å². The minimum absolute atomic E-state index is 0. The van der Waals surface area contributed by atoms with E-state index in [0.717, 1.165) is 39.0 Å².